The fraction of sp³-hybridized carbons (Fsp3) is 0.417. The summed E-state index contributed by atoms with van der Waals surface area (Å²) in [6, 6.07) is 5.77. The third-order valence-corrected chi connectivity index (χ3v) is 2.60. The number of carboxylic acid groups (broad SMARTS) is 1. The first-order valence-electron chi connectivity index (χ1n) is 5.37. The predicted octanol–water partition coefficient (Wildman–Crippen LogP) is 1.88. The van der Waals surface area contributed by atoms with Crippen LogP contribution in [0.5, 0.6) is 0 Å². The van der Waals surface area contributed by atoms with Crippen molar-refractivity contribution in [3.8, 4) is 0 Å². The number of anilines is 2. The zero-order valence-corrected chi connectivity index (χ0v) is 9.73. The highest BCUT2D eigenvalue weighted by Gasteiger charge is 2.07. The number of nitrogen functional groups attached to an aromatic ring is 1. The third-order valence-electron chi connectivity index (χ3n) is 2.60. The van der Waals surface area contributed by atoms with Crippen LogP contribution in [0.3, 0.4) is 0 Å². The lowest BCUT2D eigenvalue weighted by Crippen LogP contribution is -2.25. The number of nitrogens with zero attached hydrogens (tertiary/aromatic N) is 1. The van der Waals surface area contributed by atoms with Gasteiger partial charge in [-0.3, -0.25) is 4.79 Å². The van der Waals surface area contributed by atoms with Crippen molar-refractivity contribution in [3.63, 3.8) is 0 Å². The molecule has 1 aromatic carbocycles. The van der Waals surface area contributed by atoms with Gasteiger partial charge in [0.25, 0.3) is 0 Å². The lowest BCUT2D eigenvalue weighted by Gasteiger charge is -2.23. The Morgan fingerprint density at radius 3 is 2.69 bits per heavy atom. The van der Waals surface area contributed by atoms with Crippen LogP contribution >= 0.6 is 0 Å². The second-order valence-corrected chi connectivity index (χ2v) is 3.76. The van der Waals surface area contributed by atoms with Gasteiger partial charge in [0.2, 0.25) is 0 Å². The van der Waals surface area contributed by atoms with Gasteiger partial charge in [0.15, 0.2) is 0 Å². The number of hydrogen-bond acceptors (Lipinski definition) is 3. The first-order valence-corrected chi connectivity index (χ1v) is 5.37. The fourth-order valence-electron chi connectivity index (χ4n) is 1.56. The van der Waals surface area contributed by atoms with Gasteiger partial charge in [0, 0.05) is 24.5 Å². The fourth-order valence-corrected chi connectivity index (χ4v) is 1.56. The number of aryl methyl sites for hydroxylation is 1. The molecule has 0 heterocycles. The Balaban J connectivity index is 2.78. The van der Waals surface area contributed by atoms with Gasteiger partial charge < -0.3 is 15.7 Å². The molecule has 4 nitrogen and oxygen atoms in total. The van der Waals surface area contributed by atoms with Gasteiger partial charge in [0.1, 0.15) is 0 Å². The molecule has 88 valence electrons. The van der Waals surface area contributed by atoms with Crippen molar-refractivity contribution >= 4 is 17.3 Å². The molecule has 3 N–H and O–H groups in total. The van der Waals surface area contributed by atoms with E-state index < -0.39 is 5.97 Å². The number of nitrogens with two attached hydrogens (primary N) is 1. The summed E-state index contributed by atoms with van der Waals surface area (Å²) in [5.41, 5.74) is 8.55. The van der Waals surface area contributed by atoms with E-state index in [-0.39, 0.29) is 6.42 Å². The normalized spacial score (nSPS) is 10.1. The maximum absolute atomic E-state index is 10.5. The molecule has 0 aromatic heterocycles. The van der Waals surface area contributed by atoms with Gasteiger partial charge in [-0.2, -0.15) is 0 Å². The first kappa shape index (κ1) is 12.4. The number of carboxylic acids is 1. The lowest BCUT2D eigenvalue weighted by molar-refractivity contribution is -0.136. The summed E-state index contributed by atoms with van der Waals surface area (Å²) >= 11 is 0. The Kier molecular flexibility index (Phi) is 4.17. The monoisotopic (exact) mass is 222 g/mol. The highest BCUT2D eigenvalue weighted by Crippen LogP contribution is 2.20. The third kappa shape index (κ3) is 3.15. The molecule has 0 spiro atoms. The van der Waals surface area contributed by atoms with Crippen LogP contribution in [-0.4, -0.2) is 24.2 Å². The molecule has 0 aliphatic carbocycles. The number of rotatable bonds is 5. The summed E-state index contributed by atoms with van der Waals surface area (Å²) in [7, 11) is 0. The molecule has 0 amide bonds. The highest BCUT2D eigenvalue weighted by molar-refractivity contribution is 5.68. The van der Waals surface area contributed by atoms with Crippen LogP contribution in [0, 0.1) is 6.92 Å². The van der Waals surface area contributed by atoms with E-state index in [1.54, 1.807) is 0 Å². The molecule has 16 heavy (non-hydrogen) atoms. The van der Waals surface area contributed by atoms with Crippen LogP contribution in [0.1, 0.15) is 18.9 Å². The molecule has 0 fully saturated rings. The smallest absolute Gasteiger partial charge is 0.305 e. The zero-order chi connectivity index (χ0) is 12.1. The van der Waals surface area contributed by atoms with Crippen molar-refractivity contribution in [1.82, 2.24) is 0 Å². The van der Waals surface area contributed by atoms with Gasteiger partial charge in [-0.05, 0) is 37.6 Å². The average molecular weight is 222 g/mol. The van der Waals surface area contributed by atoms with E-state index in [0.717, 1.165) is 23.5 Å². The molecule has 1 rings (SSSR count). The number of aliphatic carboxylic acids is 1. The second-order valence-electron chi connectivity index (χ2n) is 3.76. The highest BCUT2D eigenvalue weighted by atomic mass is 16.4. The number of carbonyl (C=O) groups is 1. The number of benzene rings is 1. The Labute approximate surface area is 95.7 Å². The first-order chi connectivity index (χ1) is 7.54. The molecule has 0 bridgehead atoms. The molecule has 1 aromatic rings. The minimum atomic E-state index is -0.773. The van der Waals surface area contributed by atoms with Crippen molar-refractivity contribution in [3.05, 3.63) is 23.8 Å². The van der Waals surface area contributed by atoms with E-state index in [4.69, 9.17) is 10.8 Å². The van der Waals surface area contributed by atoms with E-state index in [1.807, 2.05) is 36.9 Å². The Morgan fingerprint density at radius 1 is 1.50 bits per heavy atom. The molecule has 4 heteroatoms. The molecule has 0 radical (unpaired) electrons. The average Bonchev–Trinajstić information content (AvgIpc) is 2.23. The molecule has 0 saturated carbocycles. The predicted molar refractivity (Wildman–Crippen MR) is 65.7 cm³/mol. The minimum Gasteiger partial charge on any atom is -0.481 e. The SMILES string of the molecule is CCN(CCC(=O)O)c1ccc(N)c(C)c1. The Bertz CT molecular complexity index is 377. The summed E-state index contributed by atoms with van der Waals surface area (Å²) in [5, 5.41) is 8.66. The van der Waals surface area contributed by atoms with Crippen LogP contribution in [0.15, 0.2) is 18.2 Å². The van der Waals surface area contributed by atoms with E-state index >= 15 is 0 Å². The van der Waals surface area contributed by atoms with Crippen molar-refractivity contribution in [1.29, 1.82) is 0 Å². The van der Waals surface area contributed by atoms with Gasteiger partial charge in [-0.1, -0.05) is 0 Å². The van der Waals surface area contributed by atoms with E-state index in [2.05, 4.69) is 0 Å². The molecular formula is C12H18N2O2. The summed E-state index contributed by atoms with van der Waals surface area (Å²) in [5.74, 6) is -0.773. The molecule has 0 unspecified atom stereocenters. The molecule has 0 aliphatic heterocycles. The van der Waals surface area contributed by atoms with Crippen molar-refractivity contribution in [2.24, 2.45) is 0 Å². The number of hydrogen-bond donors (Lipinski definition) is 2. The van der Waals surface area contributed by atoms with Gasteiger partial charge in [-0.15, -0.1) is 0 Å². The molecular weight excluding hydrogens is 204 g/mol. The van der Waals surface area contributed by atoms with Gasteiger partial charge in [-0.25, -0.2) is 0 Å². The largest absolute Gasteiger partial charge is 0.481 e. The van der Waals surface area contributed by atoms with Crippen LogP contribution < -0.4 is 10.6 Å². The van der Waals surface area contributed by atoms with Crippen molar-refractivity contribution in [2.75, 3.05) is 23.7 Å². The lowest BCUT2D eigenvalue weighted by atomic mass is 10.1. The Morgan fingerprint density at radius 2 is 2.19 bits per heavy atom. The van der Waals surface area contributed by atoms with Gasteiger partial charge >= 0.3 is 5.97 Å². The van der Waals surface area contributed by atoms with Crippen LogP contribution in [0.25, 0.3) is 0 Å². The maximum Gasteiger partial charge on any atom is 0.305 e. The summed E-state index contributed by atoms with van der Waals surface area (Å²) < 4.78 is 0. The topological polar surface area (TPSA) is 66.6 Å². The Hall–Kier alpha value is -1.71. The van der Waals surface area contributed by atoms with Crippen molar-refractivity contribution in [2.45, 2.75) is 20.3 Å². The minimum absolute atomic E-state index is 0.150. The van der Waals surface area contributed by atoms with E-state index in [1.165, 1.54) is 0 Å². The standard InChI is InChI=1S/C12H18N2O2/c1-3-14(7-6-12(15)16)10-4-5-11(13)9(2)8-10/h4-5,8H,3,6-7,13H2,1-2H3,(H,15,16). The maximum atomic E-state index is 10.5. The van der Waals surface area contributed by atoms with Crippen LogP contribution in [-0.2, 0) is 4.79 Å². The molecule has 0 aliphatic rings. The zero-order valence-electron chi connectivity index (χ0n) is 9.73. The van der Waals surface area contributed by atoms with E-state index in [9.17, 15) is 4.79 Å². The summed E-state index contributed by atoms with van der Waals surface area (Å²) in [6.07, 6.45) is 0.150. The second kappa shape index (κ2) is 5.39. The summed E-state index contributed by atoms with van der Waals surface area (Å²) in [6.45, 7) is 5.27. The molecule has 0 atom stereocenters. The molecule has 0 saturated heterocycles. The summed E-state index contributed by atoms with van der Waals surface area (Å²) in [4.78, 5) is 12.6. The van der Waals surface area contributed by atoms with Gasteiger partial charge in [0.05, 0.1) is 6.42 Å². The van der Waals surface area contributed by atoms with E-state index in [0.29, 0.717) is 6.54 Å². The van der Waals surface area contributed by atoms with Crippen molar-refractivity contribution < 1.29 is 9.90 Å². The van der Waals surface area contributed by atoms with Crippen LogP contribution in [0.4, 0.5) is 11.4 Å². The van der Waals surface area contributed by atoms with Crippen LogP contribution in [0.2, 0.25) is 0 Å². The quantitative estimate of drug-likeness (QED) is 0.746.